The fourth-order valence-corrected chi connectivity index (χ4v) is 2.27. The van der Waals surface area contributed by atoms with Crippen LogP contribution in [0.25, 0.3) is 23.0 Å². The van der Waals surface area contributed by atoms with Gasteiger partial charge in [-0.05, 0) is 18.2 Å². The first kappa shape index (κ1) is 13.6. The van der Waals surface area contributed by atoms with Crippen LogP contribution in [0.5, 0.6) is 0 Å². The Labute approximate surface area is 127 Å². The minimum absolute atomic E-state index is 0.0102. The van der Waals surface area contributed by atoms with Crippen molar-refractivity contribution in [3.8, 4) is 23.0 Å². The van der Waals surface area contributed by atoms with E-state index in [1.54, 1.807) is 18.2 Å². The molecule has 3 rings (SSSR count). The first-order valence-electron chi connectivity index (χ1n) is 5.62. The monoisotopic (exact) mass is 324 g/mol. The largest absolute Gasteiger partial charge is 0.476 e. The fraction of sp³-hybridized carbons (Fsp3) is 0. The fourth-order valence-electron chi connectivity index (χ4n) is 1.74. The average Bonchev–Trinajstić information content (AvgIpc) is 3.06. The number of benzene rings is 1. The number of aromatic carboxylic acids is 1. The summed E-state index contributed by atoms with van der Waals surface area (Å²) in [6.07, 6.45) is 1.24. The zero-order valence-corrected chi connectivity index (χ0v) is 11.7. The third-order valence-corrected chi connectivity index (χ3v) is 3.04. The Hall–Kier alpha value is -2.38. The van der Waals surface area contributed by atoms with Gasteiger partial charge >= 0.3 is 5.97 Å². The molecule has 0 saturated carbocycles. The number of carboxylic acids is 1. The molecule has 0 saturated heterocycles. The molecule has 0 aliphatic heterocycles. The molecule has 0 atom stereocenters. The molecule has 0 aliphatic carbocycles. The number of H-pyrrole nitrogens is 1. The van der Waals surface area contributed by atoms with Crippen LogP contribution >= 0.6 is 23.2 Å². The molecule has 2 heterocycles. The first-order chi connectivity index (χ1) is 10.0. The zero-order chi connectivity index (χ0) is 15.0. The summed E-state index contributed by atoms with van der Waals surface area (Å²) in [5, 5.41) is 13.6. The van der Waals surface area contributed by atoms with Gasteiger partial charge in [0.15, 0.2) is 5.69 Å². The van der Waals surface area contributed by atoms with Crippen LogP contribution in [0.4, 0.5) is 0 Å². The molecule has 1 aromatic carbocycles. The third kappa shape index (κ3) is 2.61. The summed E-state index contributed by atoms with van der Waals surface area (Å²) in [5.74, 6) is -0.951. The van der Waals surface area contributed by atoms with Gasteiger partial charge in [0.05, 0.1) is 6.33 Å². The number of nitrogens with one attached hydrogen (secondary N) is 1. The summed E-state index contributed by atoms with van der Waals surface area (Å²) in [6.45, 7) is 0. The van der Waals surface area contributed by atoms with Crippen LogP contribution in [-0.2, 0) is 0 Å². The zero-order valence-electron chi connectivity index (χ0n) is 10.2. The quantitative estimate of drug-likeness (QED) is 0.766. The number of hydrogen-bond donors (Lipinski definition) is 2. The Balaban J connectivity index is 2.04. The van der Waals surface area contributed by atoms with E-state index in [1.807, 2.05) is 0 Å². The van der Waals surface area contributed by atoms with Crippen LogP contribution < -0.4 is 0 Å². The Morgan fingerprint density at radius 2 is 1.95 bits per heavy atom. The van der Waals surface area contributed by atoms with Crippen molar-refractivity contribution >= 4 is 29.2 Å². The summed E-state index contributed by atoms with van der Waals surface area (Å²) in [5.41, 5.74) is 0.489. The van der Waals surface area contributed by atoms with E-state index in [1.165, 1.54) is 6.33 Å². The Bertz CT molecular complexity index is 807. The minimum Gasteiger partial charge on any atom is -0.476 e. The average molecular weight is 325 g/mol. The predicted octanol–water partition coefficient (Wildman–Crippen LogP) is 3.13. The molecule has 2 N–H and O–H groups in total. The molecule has 0 bridgehead atoms. The number of aromatic amines is 1. The summed E-state index contributed by atoms with van der Waals surface area (Å²) in [7, 11) is 0. The summed E-state index contributed by atoms with van der Waals surface area (Å²) < 4.78 is 5.05. The minimum atomic E-state index is -1.20. The predicted molar refractivity (Wildman–Crippen MR) is 74.3 cm³/mol. The highest BCUT2D eigenvalue weighted by atomic mass is 35.5. The second-order valence-electron chi connectivity index (χ2n) is 4.01. The molecule has 7 nitrogen and oxygen atoms in total. The second-order valence-corrected chi connectivity index (χ2v) is 4.89. The van der Waals surface area contributed by atoms with Gasteiger partial charge < -0.3 is 14.6 Å². The molecule has 0 unspecified atom stereocenters. The molecular formula is C12H6Cl2N4O3. The van der Waals surface area contributed by atoms with Crippen LogP contribution in [0, 0.1) is 0 Å². The van der Waals surface area contributed by atoms with Crippen molar-refractivity contribution in [1.82, 2.24) is 20.1 Å². The molecule has 21 heavy (non-hydrogen) atoms. The molecule has 0 radical (unpaired) electrons. The van der Waals surface area contributed by atoms with Gasteiger partial charge in [-0.25, -0.2) is 9.78 Å². The molecule has 106 valence electrons. The second kappa shape index (κ2) is 5.19. The van der Waals surface area contributed by atoms with Crippen molar-refractivity contribution in [2.75, 3.05) is 0 Å². The SMILES string of the molecule is O=C(O)c1nc[nH]c1-c1nc(-c2cc(Cl)cc(Cl)c2)no1. The van der Waals surface area contributed by atoms with Gasteiger partial charge in [-0.15, -0.1) is 0 Å². The highest BCUT2D eigenvalue weighted by Crippen LogP contribution is 2.27. The number of halogens is 2. The van der Waals surface area contributed by atoms with Crippen molar-refractivity contribution in [3.63, 3.8) is 0 Å². The lowest BCUT2D eigenvalue weighted by Gasteiger charge is -1.97. The number of carboxylic acid groups (broad SMARTS) is 1. The molecular weight excluding hydrogens is 319 g/mol. The van der Waals surface area contributed by atoms with Crippen LogP contribution in [0.2, 0.25) is 10.0 Å². The van der Waals surface area contributed by atoms with Gasteiger partial charge in [0, 0.05) is 15.6 Å². The number of carbonyl (C=O) groups is 1. The summed E-state index contributed by atoms with van der Waals surface area (Å²) in [4.78, 5) is 21.5. The topological polar surface area (TPSA) is 105 Å². The van der Waals surface area contributed by atoms with Crippen molar-refractivity contribution < 1.29 is 14.4 Å². The van der Waals surface area contributed by atoms with Crippen molar-refractivity contribution in [2.45, 2.75) is 0 Å². The number of aromatic nitrogens is 4. The van der Waals surface area contributed by atoms with Crippen molar-refractivity contribution in [3.05, 3.63) is 40.3 Å². The number of nitrogens with zero attached hydrogens (tertiary/aromatic N) is 3. The van der Waals surface area contributed by atoms with Crippen molar-refractivity contribution in [2.24, 2.45) is 0 Å². The van der Waals surface area contributed by atoms with E-state index in [0.29, 0.717) is 15.6 Å². The molecule has 0 fully saturated rings. The first-order valence-corrected chi connectivity index (χ1v) is 6.37. The van der Waals surface area contributed by atoms with E-state index < -0.39 is 5.97 Å². The molecule has 0 amide bonds. The molecule has 9 heteroatoms. The summed E-state index contributed by atoms with van der Waals surface area (Å²) in [6, 6.07) is 4.81. The molecule has 2 aromatic heterocycles. The molecule has 0 spiro atoms. The van der Waals surface area contributed by atoms with E-state index in [2.05, 4.69) is 20.1 Å². The van der Waals surface area contributed by atoms with Crippen LogP contribution in [0.3, 0.4) is 0 Å². The lowest BCUT2D eigenvalue weighted by Crippen LogP contribution is -1.99. The molecule has 3 aromatic rings. The van der Waals surface area contributed by atoms with Gasteiger partial charge in [0.1, 0.15) is 5.69 Å². The molecule has 0 aliphatic rings. The van der Waals surface area contributed by atoms with E-state index in [0.717, 1.165) is 0 Å². The van der Waals surface area contributed by atoms with Gasteiger partial charge in [0.2, 0.25) is 5.82 Å². The number of hydrogen-bond acceptors (Lipinski definition) is 5. The van der Waals surface area contributed by atoms with E-state index in [-0.39, 0.29) is 23.1 Å². The highest BCUT2D eigenvalue weighted by Gasteiger charge is 2.20. The highest BCUT2D eigenvalue weighted by molar-refractivity contribution is 6.35. The maximum absolute atomic E-state index is 11.0. The third-order valence-electron chi connectivity index (χ3n) is 2.60. The van der Waals surface area contributed by atoms with Crippen LogP contribution in [0.1, 0.15) is 10.5 Å². The van der Waals surface area contributed by atoms with E-state index in [4.69, 9.17) is 32.8 Å². The maximum Gasteiger partial charge on any atom is 0.356 e. The van der Waals surface area contributed by atoms with Crippen LogP contribution in [0.15, 0.2) is 29.0 Å². The van der Waals surface area contributed by atoms with Crippen molar-refractivity contribution in [1.29, 1.82) is 0 Å². The number of imidazole rings is 1. The smallest absolute Gasteiger partial charge is 0.356 e. The van der Waals surface area contributed by atoms with Gasteiger partial charge in [-0.1, -0.05) is 28.4 Å². The van der Waals surface area contributed by atoms with E-state index in [9.17, 15) is 4.79 Å². The number of rotatable bonds is 3. The Morgan fingerprint density at radius 3 is 2.62 bits per heavy atom. The Kier molecular flexibility index (Phi) is 3.36. The Morgan fingerprint density at radius 1 is 1.24 bits per heavy atom. The van der Waals surface area contributed by atoms with E-state index >= 15 is 0 Å². The normalized spacial score (nSPS) is 10.8. The van der Waals surface area contributed by atoms with Gasteiger partial charge in [0.25, 0.3) is 5.89 Å². The summed E-state index contributed by atoms with van der Waals surface area (Å²) >= 11 is 11.8. The maximum atomic E-state index is 11.0. The van der Waals surface area contributed by atoms with Gasteiger partial charge in [-0.2, -0.15) is 4.98 Å². The van der Waals surface area contributed by atoms with Gasteiger partial charge in [-0.3, -0.25) is 0 Å². The van der Waals surface area contributed by atoms with Crippen LogP contribution in [-0.4, -0.2) is 31.2 Å². The lowest BCUT2D eigenvalue weighted by molar-refractivity contribution is 0.0691. The standard InChI is InChI=1S/C12H6Cl2N4O3/c13-6-1-5(2-7(14)3-6)10-17-11(21-18-10)8-9(12(19)20)16-4-15-8/h1-4H,(H,15,16)(H,19,20). The lowest BCUT2D eigenvalue weighted by atomic mass is 10.2.